The highest BCUT2D eigenvalue weighted by atomic mass is 16.2. The summed E-state index contributed by atoms with van der Waals surface area (Å²) in [6.45, 7) is 4.79. The summed E-state index contributed by atoms with van der Waals surface area (Å²) in [4.78, 5) is 13.1. The minimum absolute atomic E-state index is 0.0321. The number of carbonyl (C=O) groups is 1. The van der Waals surface area contributed by atoms with E-state index < -0.39 is 0 Å². The zero-order valence-corrected chi connectivity index (χ0v) is 6.84. The molecular weight excluding hydrogens is 142 g/mol. The van der Waals surface area contributed by atoms with Gasteiger partial charge < -0.3 is 16.0 Å². The van der Waals surface area contributed by atoms with Crippen LogP contribution in [0, 0.1) is 0 Å². The second kappa shape index (κ2) is 3.69. The molecule has 1 unspecified atom stereocenters. The van der Waals surface area contributed by atoms with Crippen molar-refractivity contribution in [3.8, 4) is 0 Å². The lowest BCUT2D eigenvalue weighted by Gasteiger charge is -2.30. The summed E-state index contributed by atoms with van der Waals surface area (Å²) in [7, 11) is 0. The van der Waals surface area contributed by atoms with Crippen molar-refractivity contribution in [2.75, 3.05) is 26.2 Å². The molecule has 0 bridgehead atoms. The van der Waals surface area contributed by atoms with Crippen molar-refractivity contribution in [1.82, 2.24) is 10.2 Å². The smallest absolute Gasteiger partial charge is 0.239 e. The average Bonchev–Trinajstić information content (AvgIpc) is 1.99. The molecule has 0 spiro atoms. The highest BCUT2D eigenvalue weighted by molar-refractivity contribution is 5.82. The van der Waals surface area contributed by atoms with Gasteiger partial charge in [0.2, 0.25) is 5.91 Å². The van der Waals surface area contributed by atoms with Gasteiger partial charge in [-0.25, -0.2) is 0 Å². The Morgan fingerprint density at radius 1 is 1.82 bits per heavy atom. The van der Waals surface area contributed by atoms with Crippen molar-refractivity contribution in [3.05, 3.63) is 0 Å². The minimum atomic E-state index is -0.0321. The first kappa shape index (κ1) is 8.49. The van der Waals surface area contributed by atoms with Crippen molar-refractivity contribution < 1.29 is 4.79 Å². The van der Waals surface area contributed by atoms with Crippen LogP contribution in [0.4, 0.5) is 0 Å². The fourth-order valence-electron chi connectivity index (χ4n) is 1.27. The molecule has 1 heterocycles. The molecule has 0 radical (unpaired) electrons. The Hall–Kier alpha value is -0.610. The summed E-state index contributed by atoms with van der Waals surface area (Å²) in [6, 6.07) is -0.0321. The van der Waals surface area contributed by atoms with Crippen molar-refractivity contribution >= 4 is 5.91 Å². The van der Waals surface area contributed by atoms with E-state index in [-0.39, 0.29) is 11.9 Å². The van der Waals surface area contributed by atoms with Gasteiger partial charge in [0.25, 0.3) is 0 Å². The lowest BCUT2D eigenvalue weighted by molar-refractivity contribution is -0.134. The van der Waals surface area contributed by atoms with E-state index >= 15 is 0 Å². The van der Waals surface area contributed by atoms with Gasteiger partial charge in [-0.1, -0.05) is 0 Å². The maximum Gasteiger partial charge on any atom is 0.239 e. The molecule has 1 aliphatic rings. The van der Waals surface area contributed by atoms with Gasteiger partial charge in [0, 0.05) is 26.2 Å². The highest BCUT2D eigenvalue weighted by Crippen LogP contribution is 1.98. The molecule has 0 saturated carbocycles. The summed E-state index contributed by atoms with van der Waals surface area (Å²) in [5, 5.41) is 3.09. The lowest BCUT2D eigenvalue weighted by atomic mass is 10.2. The predicted molar refractivity (Wildman–Crippen MR) is 43.1 cm³/mol. The molecule has 4 nitrogen and oxygen atoms in total. The standard InChI is InChI=1S/C7H15N3O/c1-6-7(11)10(4-2-8)5-3-9-6/h6,9H,2-5,8H2,1H3. The third-order valence-corrected chi connectivity index (χ3v) is 1.91. The molecule has 1 atom stereocenters. The van der Waals surface area contributed by atoms with E-state index in [0.29, 0.717) is 13.1 Å². The van der Waals surface area contributed by atoms with Crippen LogP contribution >= 0.6 is 0 Å². The topological polar surface area (TPSA) is 58.4 Å². The number of hydrogen-bond donors (Lipinski definition) is 2. The van der Waals surface area contributed by atoms with Crippen molar-refractivity contribution in [2.24, 2.45) is 5.73 Å². The second-order valence-corrected chi connectivity index (χ2v) is 2.79. The van der Waals surface area contributed by atoms with Crippen molar-refractivity contribution in [3.63, 3.8) is 0 Å². The summed E-state index contributed by atoms with van der Waals surface area (Å²) in [5.41, 5.74) is 5.35. The van der Waals surface area contributed by atoms with Crippen LogP contribution in [0.5, 0.6) is 0 Å². The SMILES string of the molecule is CC1NCCN(CCN)C1=O. The van der Waals surface area contributed by atoms with Gasteiger partial charge in [0.05, 0.1) is 6.04 Å². The molecule has 1 fully saturated rings. The Morgan fingerprint density at radius 2 is 2.55 bits per heavy atom. The third kappa shape index (κ3) is 1.91. The molecule has 4 heteroatoms. The van der Waals surface area contributed by atoms with Crippen LogP contribution < -0.4 is 11.1 Å². The van der Waals surface area contributed by atoms with Crippen LogP contribution in [-0.2, 0) is 4.79 Å². The van der Waals surface area contributed by atoms with Crippen LogP contribution in [-0.4, -0.2) is 43.0 Å². The normalized spacial score (nSPS) is 25.8. The van der Waals surface area contributed by atoms with Gasteiger partial charge in [-0.15, -0.1) is 0 Å². The molecule has 1 rings (SSSR count). The monoisotopic (exact) mass is 157 g/mol. The van der Waals surface area contributed by atoms with E-state index in [2.05, 4.69) is 5.32 Å². The van der Waals surface area contributed by atoms with Gasteiger partial charge in [-0.05, 0) is 6.92 Å². The molecule has 0 aromatic rings. The summed E-state index contributed by atoms with van der Waals surface area (Å²) < 4.78 is 0. The van der Waals surface area contributed by atoms with E-state index in [4.69, 9.17) is 5.73 Å². The lowest BCUT2D eigenvalue weighted by Crippen LogP contribution is -2.54. The van der Waals surface area contributed by atoms with Crippen molar-refractivity contribution in [1.29, 1.82) is 0 Å². The maximum absolute atomic E-state index is 11.3. The molecular formula is C7H15N3O. The summed E-state index contributed by atoms with van der Waals surface area (Å²) in [5.74, 6) is 0.168. The van der Waals surface area contributed by atoms with Gasteiger partial charge in [0.15, 0.2) is 0 Å². The van der Waals surface area contributed by atoms with Crippen molar-refractivity contribution in [2.45, 2.75) is 13.0 Å². The number of rotatable bonds is 2. The molecule has 0 aliphatic carbocycles. The molecule has 0 aromatic heterocycles. The molecule has 0 aromatic carbocycles. The number of carbonyl (C=O) groups excluding carboxylic acids is 1. The third-order valence-electron chi connectivity index (χ3n) is 1.91. The number of piperazine rings is 1. The Bertz CT molecular complexity index is 147. The van der Waals surface area contributed by atoms with Gasteiger partial charge in [-0.3, -0.25) is 4.79 Å². The number of nitrogens with two attached hydrogens (primary N) is 1. The summed E-state index contributed by atoms with van der Waals surface area (Å²) >= 11 is 0. The number of amides is 1. The number of hydrogen-bond acceptors (Lipinski definition) is 3. The summed E-state index contributed by atoms with van der Waals surface area (Å²) in [6.07, 6.45) is 0. The Morgan fingerprint density at radius 3 is 3.18 bits per heavy atom. The fourth-order valence-corrected chi connectivity index (χ4v) is 1.27. The maximum atomic E-state index is 11.3. The predicted octanol–water partition coefficient (Wildman–Crippen LogP) is -1.23. The first-order valence-corrected chi connectivity index (χ1v) is 3.98. The Labute approximate surface area is 66.7 Å². The quantitative estimate of drug-likeness (QED) is 0.527. The van der Waals surface area contributed by atoms with Crippen LogP contribution in [0.25, 0.3) is 0 Å². The first-order chi connectivity index (χ1) is 5.25. The van der Waals surface area contributed by atoms with E-state index in [1.54, 1.807) is 4.90 Å². The molecule has 11 heavy (non-hydrogen) atoms. The highest BCUT2D eigenvalue weighted by Gasteiger charge is 2.23. The van der Waals surface area contributed by atoms with Crippen LogP contribution in [0.2, 0.25) is 0 Å². The fraction of sp³-hybridized carbons (Fsp3) is 0.857. The number of nitrogens with one attached hydrogen (secondary N) is 1. The first-order valence-electron chi connectivity index (χ1n) is 3.98. The Kier molecular flexibility index (Phi) is 2.84. The minimum Gasteiger partial charge on any atom is -0.339 e. The molecule has 64 valence electrons. The van der Waals surface area contributed by atoms with Crippen LogP contribution in [0.3, 0.4) is 0 Å². The van der Waals surface area contributed by atoms with E-state index in [9.17, 15) is 4.79 Å². The average molecular weight is 157 g/mol. The molecule has 1 saturated heterocycles. The Balaban J connectivity index is 2.44. The zero-order valence-electron chi connectivity index (χ0n) is 6.84. The van der Waals surface area contributed by atoms with E-state index in [0.717, 1.165) is 13.1 Å². The van der Waals surface area contributed by atoms with Crippen LogP contribution in [0.1, 0.15) is 6.92 Å². The van der Waals surface area contributed by atoms with E-state index in [1.165, 1.54) is 0 Å². The van der Waals surface area contributed by atoms with Gasteiger partial charge >= 0.3 is 0 Å². The molecule has 1 aliphatic heterocycles. The molecule has 1 amide bonds. The molecule has 3 N–H and O–H groups in total. The van der Waals surface area contributed by atoms with Crippen LogP contribution in [0.15, 0.2) is 0 Å². The number of nitrogens with zero attached hydrogens (tertiary/aromatic N) is 1. The van der Waals surface area contributed by atoms with Gasteiger partial charge in [-0.2, -0.15) is 0 Å². The van der Waals surface area contributed by atoms with E-state index in [1.807, 2.05) is 6.92 Å². The largest absolute Gasteiger partial charge is 0.339 e. The second-order valence-electron chi connectivity index (χ2n) is 2.79. The van der Waals surface area contributed by atoms with Gasteiger partial charge in [0.1, 0.15) is 0 Å². The zero-order chi connectivity index (χ0) is 8.27.